The molecule has 110 valence electrons. The van der Waals surface area contributed by atoms with Gasteiger partial charge in [-0.3, -0.25) is 19.4 Å². The Morgan fingerprint density at radius 1 is 1.19 bits per heavy atom. The van der Waals surface area contributed by atoms with E-state index in [1.165, 1.54) is 6.20 Å². The Morgan fingerprint density at radius 2 is 1.90 bits per heavy atom. The second-order valence-electron chi connectivity index (χ2n) is 6.72. The molecular formula is C16H18N2O3. The average molecular weight is 286 g/mol. The van der Waals surface area contributed by atoms with E-state index in [0.29, 0.717) is 18.5 Å². The summed E-state index contributed by atoms with van der Waals surface area (Å²) in [5.74, 6) is -1.33. The van der Waals surface area contributed by atoms with Crippen molar-refractivity contribution in [2.24, 2.45) is 16.2 Å². The number of nitrogens with zero attached hydrogens (tertiary/aromatic N) is 1. The number of fused-ring (bicyclic) bond motifs is 2. The van der Waals surface area contributed by atoms with Crippen LogP contribution >= 0.6 is 0 Å². The molecule has 2 aliphatic carbocycles. The average Bonchev–Trinajstić information content (AvgIpc) is 2.72. The van der Waals surface area contributed by atoms with Crippen molar-refractivity contribution < 1.29 is 14.4 Å². The summed E-state index contributed by atoms with van der Waals surface area (Å²) in [6, 6.07) is 3.42. The van der Waals surface area contributed by atoms with Crippen molar-refractivity contribution in [3.05, 3.63) is 24.5 Å². The zero-order valence-corrected chi connectivity index (χ0v) is 12.4. The summed E-state index contributed by atoms with van der Waals surface area (Å²) in [6.07, 6.45) is 4.13. The van der Waals surface area contributed by atoms with Crippen LogP contribution in [0.4, 0.5) is 5.69 Å². The van der Waals surface area contributed by atoms with Gasteiger partial charge in [0.15, 0.2) is 0 Å². The molecule has 2 saturated carbocycles. The maximum Gasteiger partial charge on any atom is 0.239 e. The van der Waals surface area contributed by atoms with Crippen LogP contribution in [0.1, 0.15) is 33.6 Å². The van der Waals surface area contributed by atoms with Gasteiger partial charge in [0.1, 0.15) is 5.41 Å². The fraction of sp³-hybridized carbons (Fsp3) is 0.500. The minimum absolute atomic E-state index is 0.389. The van der Waals surface area contributed by atoms with E-state index in [4.69, 9.17) is 0 Å². The van der Waals surface area contributed by atoms with Crippen molar-refractivity contribution >= 4 is 23.2 Å². The number of carbonyl (C=O) groups excluding carboxylic acids is 3. The van der Waals surface area contributed by atoms with Gasteiger partial charge in [0.25, 0.3) is 0 Å². The van der Waals surface area contributed by atoms with Crippen molar-refractivity contribution in [1.82, 2.24) is 4.98 Å². The van der Waals surface area contributed by atoms with Crippen LogP contribution in [-0.2, 0) is 14.4 Å². The van der Waals surface area contributed by atoms with Crippen LogP contribution in [0.25, 0.3) is 0 Å². The maximum absolute atomic E-state index is 12.8. The second kappa shape index (κ2) is 4.00. The Morgan fingerprint density at radius 3 is 2.43 bits per heavy atom. The van der Waals surface area contributed by atoms with Gasteiger partial charge in [0, 0.05) is 11.6 Å². The van der Waals surface area contributed by atoms with E-state index in [9.17, 15) is 14.4 Å². The third-order valence-electron chi connectivity index (χ3n) is 5.85. The lowest BCUT2D eigenvalue weighted by molar-refractivity contribution is -0.147. The van der Waals surface area contributed by atoms with Gasteiger partial charge >= 0.3 is 0 Å². The Labute approximate surface area is 123 Å². The highest BCUT2D eigenvalue weighted by Gasteiger charge is 2.77. The van der Waals surface area contributed by atoms with Crippen molar-refractivity contribution in [2.75, 3.05) is 5.32 Å². The molecule has 2 bridgehead atoms. The predicted octanol–water partition coefficient (Wildman–Crippen LogP) is 1.98. The molecule has 1 aromatic heterocycles. The molecule has 0 saturated heterocycles. The smallest absolute Gasteiger partial charge is 0.239 e. The molecule has 2 atom stereocenters. The standard InChI is InChI=1S/C16H18N2O3/c1-14(2)15(3)6-7-16(14,12(20)11(15)19)13(21)18-10-5-4-8-17-9-10/h4-5,8-9H,6-7H2,1-3H3,(H,18,21)/t15-,16+/m0/s1. The van der Waals surface area contributed by atoms with Crippen molar-refractivity contribution in [3.8, 4) is 0 Å². The van der Waals surface area contributed by atoms with Gasteiger partial charge in [-0.25, -0.2) is 0 Å². The molecule has 0 spiro atoms. The van der Waals surface area contributed by atoms with E-state index in [1.807, 2.05) is 13.8 Å². The summed E-state index contributed by atoms with van der Waals surface area (Å²) in [5, 5.41) is 2.75. The van der Waals surface area contributed by atoms with E-state index in [-0.39, 0.29) is 5.91 Å². The first-order valence-electron chi connectivity index (χ1n) is 7.08. The molecule has 2 aliphatic rings. The lowest BCUT2D eigenvalue weighted by atomic mass is 9.64. The molecule has 1 heterocycles. The summed E-state index contributed by atoms with van der Waals surface area (Å²) >= 11 is 0. The van der Waals surface area contributed by atoms with E-state index >= 15 is 0 Å². The van der Waals surface area contributed by atoms with Crippen LogP contribution < -0.4 is 5.32 Å². The molecule has 5 nitrogen and oxygen atoms in total. The quantitative estimate of drug-likeness (QED) is 0.666. The molecule has 1 amide bonds. The van der Waals surface area contributed by atoms with Gasteiger partial charge < -0.3 is 5.32 Å². The normalized spacial score (nSPS) is 33.3. The van der Waals surface area contributed by atoms with Gasteiger partial charge in [-0.05, 0) is 30.4 Å². The first kappa shape index (κ1) is 13.9. The number of amides is 1. The molecular weight excluding hydrogens is 268 g/mol. The van der Waals surface area contributed by atoms with Crippen LogP contribution in [0.3, 0.4) is 0 Å². The highest BCUT2D eigenvalue weighted by Crippen LogP contribution is 2.69. The van der Waals surface area contributed by atoms with E-state index in [0.717, 1.165) is 0 Å². The molecule has 1 N–H and O–H groups in total. The monoisotopic (exact) mass is 286 g/mol. The number of nitrogens with one attached hydrogen (secondary N) is 1. The van der Waals surface area contributed by atoms with Crippen LogP contribution in [-0.4, -0.2) is 22.5 Å². The highest BCUT2D eigenvalue weighted by molar-refractivity contribution is 6.49. The zero-order valence-electron chi connectivity index (χ0n) is 12.4. The van der Waals surface area contributed by atoms with Crippen LogP contribution in [0.2, 0.25) is 0 Å². The summed E-state index contributed by atoms with van der Waals surface area (Å²) < 4.78 is 0. The fourth-order valence-corrected chi connectivity index (χ4v) is 3.95. The molecule has 0 aromatic carbocycles. The summed E-state index contributed by atoms with van der Waals surface area (Å²) in [7, 11) is 0. The Hall–Kier alpha value is -2.04. The Bertz CT molecular complexity index is 653. The van der Waals surface area contributed by atoms with Crippen LogP contribution in [0, 0.1) is 16.2 Å². The molecule has 3 rings (SSSR count). The minimum Gasteiger partial charge on any atom is -0.324 e. The lowest BCUT2D eigenvalue weighted by Crippen LogP contribution is -2.47. The van der Waals surface area contributed by atoms with E-state index in [2.05, 4.69) is 10.3 Å². The SMILES string of the molecule is CC1(C)[C@]2(C(=O)Nc3cccnc3)CC[C@@]1(C)C(=O)C2=O. The first-order valence-corrected chi connectivity index (χ1v) is 7.08. The number of anilines is 1. The Kier molecular flexibility index (Phi) is 2.65. The lowest BCUT2D eigenvalue weighted by Gasteiger charge is -2.37. The number of Topliss-reactive ketones (excluding diaryl/α,β-unsaturated/α-hetero) is 2. The van der Waals surface area contributed by atoms with Crippen LogP contribution in [0.15, 0.2) is 24.5 Å². The van der Waals surface area contributed by atoms with E-state index < -0.39 is 27.8 Å². The summed E-state index contributed by atoms with van der Waals surface area (Å²) in [5.41, 5.74) is -2.14. The number of ketones is 2. The first-order chi connectivity index (χ1) is 9.77. The van der Waals surface area contributed by atoms with Gasteiger partial charge in [0.05, 0.1) is 11.9 Å². The highest BCUT2D eigenvalue weighted by atomic mass is 16.2. The zero-order chi connectivity index (χ0) is 15.5. The maximum atomic E-state index is 12.8. The molecule has 1 aromatic rings. The third kappa shape index (κ3) is 1.41. The number of aromatic nitrogens is 1. The number of rotatable bonds is 2. The van der Waals surface area contributed by atoms with Gasteiger partial charge in [-0.1, -0.05) is 20.8 Å². The van der Waals surface area contributed by atoms with E-state index in [1.54, 1.807) is 25.3 Å². The minimum atomic E-state index is -1.26. The van der Waals surface area contributed by atoms with Gasteiger partial charge in [-0.2, -0.15) is 0 Å². The topological polar surface area (TPSA) is 76.1 Å². The van der Waals surface area contributed by atoms with Crippen molar-refractivity contribution in [1.29, 1.82) is 0 Å². The summed E-state index contributed by atoms with van der Waals surface area (Å²) in [6.45, 7) is 5.51. The number of hydrogen-bond acceptors (Lipinski definition) is 4. The predicted molar refractivity (Wildman–Crippen MR) is 76.4 cm³/mol. The number of hydrogen-bond donors (Lipinski definition) is 1. The molecule has 2 fully saturated rings. The van der Waals surface area contributed by atoms with Crippen molar-refractivity contribution in [2.45, 2.75) is 33.6 Å². The molecule has 0 unspecified atom stereocenters. The second-order valence-corrected chi connectivity index (χ2v) is 6.72. The fourth-order valence-electron chi connectivity index (χ4n) is 3.95. The molecule has 21 heavy (non-hydrogen) atoms. The molecule has 0 radical (unpaired) electrons. The van der Waals surface area contributed by atoms with Crippen molar-refractivity contribution in [3.63, 3.8) is 0 Å². The largest absolute Gasteiger partial charge is 0.324 e. The number of pyridine rings is 1. The number of carbonyl (C=O) groups is 3. The third-order valence-corrected chi connectivity index (χ3v) is 5.85. The Balaban J connectivity index is 2.02. The van der Waals surface area contributed by atoms with Gasteiger partial charge in [-0.15, -0.1) is 0 Å². The summed E-state index contributed by atoms with van der Waals surface area (Å²) in [4.78, 5) is 41.6. The van der Waals surface area contributed by atoms with Crippen LogP contribution in [0.5, 0.6) is 0 Å². The molecule has 5 heteroatoms. The molecule has 0 aliphatic heterocycles. The van der Waals surface area contributed by atoms with Gasteiger partial charge in [0.2, 0.25) is 17.5 Å².